The second kappa shape index (κ2) is 7.21. The molecule has 0 bridgehead atoms. The summed E-state index contributed by atoms with van der Waals surface area (Å²) in [4.78, 5) is 27.4. The van der Waals surface area contributed by atoms with Crippen LogP contribution in [0.3, 0.4) is 0 Å². The minimum atomic E-state index is -0.521. The Morgan fingerprint density at radius 1 is 1.12 bits per heavy atom. The second-order valence-corrected chi connectivity index (χ2v) is 5.67. The van der Waals surface area contributed by atoms with Gasteiger partial charge in [0.05, 0.1) is 17.7 Å². The number of H-pyrrole nitrogens is 1. The number of fused-ring (bicyclic) bond motifs is 1. The summed E-state index contributed by atoms with van der Waals surface area (Å²) in [7, 11) is 0. The number of pyridine rings is 1. The molecule has 0 aliphatic rings. The summed E-state index contributed by atoms with van der Waals surface area (Å²) in [5, 5.41) is 0.903. The van der Waals surface area contributed by atoms with Gasteiger partial charge in [-0.2, -0.15) is 0 Å². The zero-order valence-electron chi connectivity index (χ0n) is 14.2. The van der Waals surface area contributed by atoms with Crippen molar-refractivity contribution in [2.24, 2.45) is 0 Å². The predicted molar refractivity (Wildman–Crippen MR) is 96.0 cm³/mol. The fraction of sp³-hybridized carbons (Fsp3) is 0.200. The molecule has 0 aliphatic carbocycles. The van der Waals surface area contributed by atoms with Crippen molar-refractivity contribution in [3.63, 3.8) is 0 Å². The van der Waals surface area contributed by atoms with E-state index in [1.165, 1.54) is 0 Å². The van der Waals surface area contributed by atoms with Crippen LogP contribution in [-0.4, -0.2) is 17.6 Å². The van der Waals surface area contributed by atoms with Gasteiger partial charge in [-0.05, 0) is 43.0 Å². The number of hydrogen-bond donors (Lipinski definition) is 1. The standard InChI is InChI=1S/C20H19NO4/c1-3-24-17-10-5-4-9-16(17)20(23)25-12-15-11-14-8-6-7-13(2)18(14)21-19(15)22/h4-11H,3,12H2,1-2H3,(H,21,22). The van der Waals surface area contributed by atoms with Gasteiger partial charge < -0.3 is 14.5 Å². The van der Waals surface area contributed by atoms with Gasteiger partial charge in [-0.3, -0.25) is 4.79 Å². The van der Waals surface area contributed by atoms with E-state index in [9.17, 15) is 9.59 Å². The molecule has 0 amide bonds. The summed E-state index contributed by atoms with van der Waals surface area (Å²) in [5.41, 5.74) is 2.28. The van der Waals surface area contributed by atoms with E-state index in [0.29, 0.717) is 23.5 Å². The van der Waals surface area contributed by atoms with Gasteiger partial charge in [0, 0.05) is 0 Å². The third-order valence-electron chi connectivity index (χ3n) is 3.93. The van der Waals surface area contributed by atoms with Crippen molar-refractivity contribution in [1.29, 1.82) is 0 Å². The molecule has 25 heavy (non-hydrogen) atoms. The van der Waals surface area contributed by atoms with Gasteiger partial charge in [0.1, 0.15) is 17.9 Å². The molecule has 0 unspecified atom stereocenters. The van der Waals surface area contributed by atoms with E-state index >= 15 is 0 Å². The van der Waals surface area contributed by atoms with Crippen molar-refractivity contribution in [2.75, 3.05) is 6.61 Å². The first-order chi connectivity index (χ1) is 12.1. The number of hydrogen-bond acceptors (Lipinski definition) is 4. The first kappa shape index (κ1) is 16.8. The molecule has 0 fully saturated rings. The molecule has 1 aromatic heterocycles. The minimum absolute atomic E-state index is 0.0987. The third-order valence-corrected chi connectivity index (χ3v) is 3.93. The average Bonchev–Trinajstić information content (AvgIpc) is 2.61. The molecule has 5 nitrogen and oxygen atoms in total. The van der Waals surface area contributed by atoms with Gasteiger partial charge in [-0.15, -0.1) is 0 Å². The highest BCUT2D eigenvalue weighted by molar-refractivity contribution is 5.92. The number of aromatic amines is 1. The number of para-hydroxylation sites is 2. The first-order valence-electron chi connectivity index (χ1n) is 8.10. The van der Waals surface area contributed by atoms with Crippen LogP contribution in [0, 0.1) is 6.92 Å². The lowest BCUT2D eigenvalue weighted by atomic mass is 10.1. The molecular weight excluding hydrogens is 318 g/mol. The molecule has 1 N–H and O–H groups in total. The summed E-state index contributed by atoms with van der Waals surface area (Å²) in [6, 6.07) is 14.4. The van der Waals surface area contributed by atoms with Crippen LogP contribution in [0.5, 0.6) is 5.75 Å². The van der Waals surface area contributed by atoms with E-state index in [2.05, 4.69) is 4.98 Å². The van der Waals surface area contributed by atoms with Crippen molar-refractivity contribution >= 4 is 16.9 Å². The van der Waals surface area contributed by atoms with E-state index in [1.807, 2.05) is 32.0 Å². The van der Waals surface area contributed by atoms with Crippen molar-refractivity contribution in [3.8, 4) is 5.75 Å². The maximum atomic E-state index is 12.3. The lowest BCUT2D eigenvalue weighted by molar-refractivity contribution is 0.0467. The molecule has 3 aromatic rings. The third kappa shape index (κ3) is 3.55. The summed E-state index contributed by atoms with van der Waals surface area (Å²) in [5.74, 6) is -0.0502. The van der Waals surface area contributed by atoms with E-state index in [0.717, 1.165) is 16.5 Å². The van der Waals surface area contributed by atoms with Gasteiger partial charge in [0.15, 0.2) is 0 Å². The Morgan fingerprint density at radius 2 is 1.92 bits per heavy atom. The number of carbonyl (C=O) groups excluding carboxylic acids is 1. The maximum Gasteiger partial charge on any atom is 0.342 e. The minimum Gasteiger partial charge on any atom is -0.493 e. The Labute approximate surface area is 145 Å². The Morgan fingerprint density at radius 3 is 2.72 bits per heavy atom. The Hall–Kier alpha value is -3.08. The maximum absolute atomic E-state index is 12.3. The van der Waals surface area contributed by atoms with Gasteiger partial charge in [-0.1, -0.05) is 30.3 Å². The number of aryl methyl sites for hydroxylation is 1. The van der Waals surface area contributed by atoms with Crippen LogP contribution in [-0.2, 0) is 11.3 Å². The van der Waals surface area contributed by atoms with Crippen molar-refractivity contribution < 1.29 is 14.3 Å². The quantitative estimate of drug-likeness (QED) is 0.722. The van der Waals surface area contributed by atoms with Crippen LogP contribution >= 0.6 is 0 Å². The van der Waals surface area contributed by atoms with Crippen molar-refractivity contribution in [2.45, 2.75) is 20.5 Å². The van der Waals surface area contributed by atoms with E-state index in [1.54, 1.807) is 30.3 Å². The topological polar surface area (TPSA) is 68.4 Å². The number of aromatic nitrogens is 1. The number of esters is 1. The summed E-state index contributed by atoms with van der Waals surface area (Å²) in [6.45, 7) is 4.13. The van der Waals surface area contributed by atoms with Crippen LogP contribution in [0.4, 0.5) is 0 Å². The van der Waals surface area contributed by atoms with Gasteiger partial charge in [0.2, 0.25) is 0 Å². The molecule has 2 aromatic carbocycles. The molecule has 0 spiro atoms. The van der Waals surface area contributed by atoms with Crippen LogP contribution in [0.15, 0.2) is 53.3 Å². The largest absolute Gasteiger partial charge is 0.493 e. The number of rotatable bonds is 5. The predicted octanol–water partition coefficient (Wildman–Crippen LogP) is 3.59. The normalized spacial score (nSPS) is 10.6. The van der Waals surface area contributed by atoms with Gasteiger partial charge >= 0.3 is 5.97 Å². The fourth-order valence-electron chi connectivity index (χ4n) is 2.67. The Bertz CT molecular complexity index is 975. The number of carbonyl (C=O) groups is 1. The first-order valence-corrected chi connectivity index (χ1v) is 8.10. The molecule has 0 radical (unpaired) electrons. The SMILES string of the molecule is CCOc1ccccc1C(=O)OCc1cc2cccc(C)c2[nH]c1=O. The summed E-state index contributed by atoms with van der Waals surface area (Å²) >= 11 is 0. The number of benzene rings is 2. The van der Waals surface area contributed by atoms with E-state index < -0.39 is 5.97 Å². The zero-order valence-corrected chi connectivity index (χ0v) is 14.2. The molecule has 1 heterocycles. The number of ether oxygens (including phenoxy) is 2. The molecule has 3 rings (SSSR count). The molecule has 0 saturated carbocycles. The molecule has 0 aliphatic heterocycles. The van der Waals surface area contributed by atoms with Crippen LogP contribution in [0.1, 0.15) is 28.4 Å². The summed E-state index contributed by atoms with van der Waals surface area (Å²) < 4.78 is 10.8. The van der Waals surface area contributed by atoms with Gasteiger partial charge in [0.25, 0.3) is 5.56 Å². The van der Waals surface area contributed by atoms with Crippen molar-refractivity contribution in [3.05, 3.63) is 75.6 Å². The molecule has 5 heteroatoms. The fourth-order valence-corrected chi connectivity index (χ4v) is 2.67. The van der Waals surface area contributed by atoms with Gasteiger partial charge in [-0.25, -0.2) is 4.79 Å². The average molecular weight is 337 g/mol. The zero-order chi connectivity index (χ0) is 17.8. The smallest absolute Gasteiger partial charge is 0.342 e. The molecule has 0 atom stereocenters. The highest BCUT2D eigenvalue weighted by atomic mass is 16.5. The molecule has 0 saturated heterocycles. The number of nitrogens with one attached hydrogen (secondary N) is 1. The molecular formula is C20H19NO4. The monoisotopic (exact) mass is 337 g/mol. The van der Waals surface area contributed by atoms with E-state index in [-0.39, 0.29) is 12.2 Å². The van der Waals surface area contributed by atoms with E-state index in [4.69, 9.17) is 9.47 Å². The second-order valence-electron chi connectivity index (χ2n) is 5.67. The lowest BCUT2D eigenvalue weighted by Gasteiger charge is -2.10. The highest BCUT2D eigenvalue weighted by Crippen LogP contribution is 2.20. The molecule has 128 valence electrons. The Kier molecular flexibility index (Phi) is 4.84. The van der Waals surface area contributed by atoms with Crippen LogP contribution < -0.4 is 10.3 Å². The summed E-state index contributed by atoms with van der Waals surface area (Å²) in [6.07, 6.45) is 0. The lowest BCUT2D eigenvalue weighted by Crippen LogP contribution is -2.16. The Balaban J connectivity index is 1.82. The van der Waals surface area contributed by atoms with Crippen LogP contribution in [0.25, 0.3) is 10.9 Å². The van der Waals surface area contributed by atoms with Crippen LogP contribution in [0.2, 0.25) is 0 Å². The van der Waals surface area contributed by atoms with Crippen molar-refractivity contribution in [1.82, 2.24) is 4.98 Å². The highest BCUT2D eigenvalue weighted by Gasteiger charge is 2.14.